The molecule has 2 N–H and O–H groups in total. The minimum absolute atomic E-state index is 0.0360. The summed E-state index contributed by atoms with van der Waals surface area (Å²) < 4.78 is 7.63. The van der Waals surface area contributed by atoms with Gasteiger partial charge in [-0.15, -0.1) is 0 Å². The Morgan fingerprint density at radius 2 is 2.30 bits per heavy atom. The van der Waals surface area contributed by atoms with Crippen molar-refractivity contribution in [3.05, 3.63) is 47.5 Å². The number of aromatic nitrogens is 2. The number of hydrogen-bond donors (Lipinski definition) is 2. The lowest BCUT2D eigenvalue weighted by Crippen LogP contribution is -2.41. The van der Waals surface area contributed by atoms with E-state index in [0.29, 0.717) is 13.0 Å². The molecule has 6 heteroatoms. The molecular weight excluding hydrogens is 342 g/mol. The number of aliphatic hydroxyl groups excluding tert-OH is 1. The molecule has 0 saturated heterocycles. The van der Waals surface area contributed by atoms with Gasteiger partial charge in [-0.25, -0.2) is 4.98 Å². The second-order valence-electron chi connectivity index (χ2n) is 7.54. The molecule has 4 rings (SSSR count). The average molecular weight is 369 g/mol. The van der Waals surface area contributed by atoms with Crippen LogP contribution in [0.1, 0.15) is 49.2 Å². The Kier molecular flexibility index (Phi) is 5.16. The van der Waals surface area contributed by atoms with E-state index in [0.717, 1.165) is 49.4 Å². The summed E-state index contributed by atoms with van der Waals surface area (Å²) in [6.07, 6.45) is 7.12. The largest absolute Gasteiger partial charge is 0.493 e. The Hall–Kier alpha value is -2.34. The molecule has 144 valence electrons. The van der Waals surface area contributed by atoms with Gasteiger partial charge in [0.05, 0.1) is 18.8 Å². The molecule has 27 heavy (non-hydrogen) atoms. The van der Waals surface area contributed by atoms with Crippen LogP contribution in [0.3, 0.4) is 0 Å². The fourth-order valence-corrected chi connectivity index (χ4v) is 4.10. The number of hydrogen-bond acceptors (Lipinski definition) is 4. The minimum Gasteiger partial charge on any atom is -0.493 e. The van der Waals surface area contributed by atoms with Gasteiger partial charge in [-0.2, -0.15) is 0 Å². The van der Waals surface area contributed by atoms with E-state index in [1.807, 2.05) is 22.9 Å². The van der Waals surface area contributed by atoms with Gasteiger partial charge in [0.1, 0.15) is 11.6 Å². The third-order valence-electron chi connectivity index (χ3n) is 5.71. The molecular formula is C21H27N3O3. The molecule has 1 aromatic heterocycles. The molecule has 2 aliphatic rings. The van der Waals surface area contributed by atoms with E-state index < -0.39 is 0 Å². The summed E-state index contributed by atoms with van der Waals surface area (Å²) in [5.74, 6) is 2.27. The predicted molar refractivity (Wildman–Crippen MR) is 101 cm³/mol. The Bertz CT molecular complexity index is 811. The van der Waals surface area contributed by atoms with Crippen molar-refractivity contribution >= 4 is 5.91 Å². The molecule has 1 unspecified atom stereocenters. The highest BCUT2D eigenvalue weighted by Gasteiger charge is 2.36. The number of nitrogens with one attached hydrogen (secondary N) is 1. The standard InChI is InChI=1S/C21H27N3O3/c1-2-19-22-7-9-24(19)8-5-20(26)23-21(16-12-17(25)13-16)15-3-4-18-14(11-15)6-10-27-18/h3-4,7,9,11,16-17,21,25H,2,5-6,8,10,12-13H2,1H3,(H,23,26). The highest BCUT2D eigenvalue weighted by atomic mass is 16.5. The molecule has 1 fully saturated rings. The van der Waals surface area contributed by atoms with Crippen molar-refractivity contribution < 1.29 is 14.6 Å². The summed E-state index contributed by atoms with van der Waals surface area (Å²) in [6, 6.07) is 6.15. The molecule has 1 amide bonds. The smallest absolute Gasteiger partial charge is 0.222 e. The normalized spacial score (nSPS) is 21.9. The van der Waals surface area contributed by atoms with Gasteiger partial charge < -0.3 is 19.7 Å². The number of ether oxygens (including phenoxy) is 1. The van der Waals surface area contributed by atoms with Crippen LogP contribution in [-0.2, 0) is 24.2 Å². The third-order valence-corrected chi connectivity index (χ3v) is 5.71. The first-order valence-corrected chi connectivity index (χ1v) is 9.87. The number of aryl methyl sites for hydroxylation is 2. The Morgan fingerprint density at radius 3 is 3.07 bits per heavy atom. The average Bonchev–Trinajstić information content (AvgIpc) is 3.29. The Balaban J connectivity index is 1.44. The second kappa shape index (κ2) is 7.72. The van der Waals surface area contributed by atoms with Crippen LogP contribution in [0, 0.1) is 5.92 Å². The van der Waals surface area contributed by atoms with Crippen molar-refractivity contribution in [3.8, 4) is 5.75 Å². The summed E-state index contributed by atoms with van der Waals surface area (Å²) in [7, 11) is 0. The van der Waals surface area contributed by atoms with Crippen LogP contribution in [0.25, 0.3) is 0 Å². The molecule has 2 heterocycles. The molecule has 1 aromatic carbocycles. The lowest BCUT2D eigenvalue weighted by molar-refractivity contribution is -0.123. The van der Waals surface area contributed by atoms with E-state index in [9.17, 15) is 9.90 Å². The number of carbonyl (C=O) groups is 1. The molecule has 1 aliphatic heterocycles. The quantitative estimate of drug-likeness (QED) is 0.786. The summed E-state index contributed by atoms with van der Waals surface area (Å²) in [5.41, 5.74) is 2.32. The maximum atomic E-state index is 12.6. The van der Waals surface area contributed by atoms with E-state index in [1.54, 1.807) is 6.20 Å². The number of nitrogens with zero attached hydrogens (tertiary/aromatic N) is 2. The van der Waals surface area contributed by atoms with Gasteiger partial charge in [0.2, 0.25) is 5.91 Å². The fraction of sp³-hybridized carbons (Fsp3) is 0.524. The first-order valence-electron chi connectivity index (χ1n) is 9.87. The first-order chi connectivity index (χ1) is 13.1. The molecule has 1 atom stereocenters. The van der Waals surface area contributed by atoms with Crippen molar-refractivity contribution in [1.29, 1.82) is 0 Å². The van der Waals surface area contributed by atoms with Crippen LogP contribution >= 0.6 is 0 Å². The van der Waals surface area contributed by atoms with Gasteiger partial charge >= 0.3 is 0 Å². The molecule has 0 bridgehead atoms. The first kappa shape index (κ1) is 18.0. The third kappa shape index (κ3) is 3.86. The summed E-state index contributed by atoms with van der Waals surface area (Å²) in [4.78, 5) is 17.0. The van der Waals surface area contributed by atoms with Crippen molar-refractivity contribution in [1.82, 2.24) is 14.9 Å². The number of imidazole rings is 1. The van der Waals surface area contributed by atoms with Gasteiger partial charge in [0.25, 0.3) is 0 Å². The van der Waals surface area contributed by atoms with Gasteiger partial charge in [-0.05, 0) is 42.0 Å². The zero-order valence-electron chi connectivity index (χ0n) is 15.7. The number of aliphatic hydroxyl groups is 1. The van der Waals surface area contributed by atoms with Crippen LogP contribution < -0.4 is 10.1 Å². The zero-order chi connectivity index (χ0) is 18.8. The van der Waals surface area contributed by atoms with Crippen molar-refractivity contribution in [2.24, 2.45) is 5.92 Å². The molecule has 1 aliphatic carbocycles. The van der Waals surface area contributed by atoms with Crippen molar-refractivity contribution in [3.63, 3.8) is 0 Å². The maximum absolute atomic E-state index is 12.6. The summed E-state index contributed by atoms with van der Waals surface area (Å²) in [5, 5.41) is 13.0. The second-order valence-corrected chi connectivity index (χ2v) is 7.54. The van der Waals surface area contributed by atoms with Gasteiger partial charge in [0, 0.05) is 38.2 Å². The van der Waals surface area contributed by atoms with Crippen molar-refractivity contribution in [2.45, 2.75) is 57.7 Å². The topological polar surface area (TPSA) is 76.4 Å². The van der Waals surface area contributed by atoms with Crippen LogP contribution in [0.15, 0.2) is 30.6 Å². The minimum atomic E-state index is -0.245. The molecule has 1 saturated carbocycles. The zero-order valence-corrected chi connectivity index (χ0v) is 15.7. The van der Waals surface area contributed by atoms with E-state index in [4.69, 9.17) is 4.74 Å². The van der Waals surface area contributed by atoms with Gasteiger partial charge in [-0.1, -0.05) is 13.0 Å². The number of carbonyl (C=O) groups excluding carboxylic acids is 1. The Labute approximate surface area is 159 Å². The predicted octanol–water partition coefficient (Wildman–Crippen LogP) is 2.40. The monoisotopic (exact) mass is 369 g/mol. The number of amides is 1. The van der Waals surface area contributed by atoms with Crippen LogP contribution in [-0.4, -0.2) is 33.3 Å². The molecule has 0 radical (unpaired) electrons. The van der Waals surface area contributed by atoms with Gasteiger partial charge in [0.15, 0.2) is 0 Å². The maximum Gasteiger partial charge on any atom is 0.222 e. The fourth-order valence-electron chi connectivity index (χ4n) is 4.10. The SMILES string of the molecule is CCc1nccn1CCC(=O)NC(c1ccc2c(c1)CCO2)C1CC(O)C1. The summed E-state index contributed by atoms with van der Waals surface area (Å²) >= 11 is 0. The van der Waals surface area contributed by atoms with E-state index >= 15 is 0 Å². The molecule has 6 nitrogen and oxygen atoms in total. The molecule has 0 spiro atoms. The van der Waals surface area contributed by atoms with Crippen LogP contribution in [0.2, 0.25) is 0 Å². The Morgan fingerprint density at radius 1 is 1.44 bits per heavy atom. The van der Waals surface area contributed by atoms with E-state index in [-0.39, 0.29) is 24.0 Å². The lowest BCUT2D eigenvalue weighted by Gasteiger charge is -2.38. The van der Waals surface area contributed by atoms with E-state index in [2.05, 4.69) is 23.3 Å². The summed E-state index contributed by atoms with van der Waals surface area (Å²) in [6.45, 7) is 3.42. The van der Waals surface area contributed by atoms with E-state index in [1.165, 1.54) is 5.56 Å². The van der Waals surface area contributed by atoms with Crippen LogP contribution in [0.4, 0.5) is 0 Å². The van der Waals surface area contributed by atoms with Crippen molar-refractivity contribution in [2.75, 3.05) is 6.61 Å². The number of fused-ring (bicyclic) bond motifs is 1. The highest BCUT2D eigenvalue weighted by Crippen LogP contribution is 2.39. The van der Waals surface area contributed by atoms with Gasteiger partial charge in [-0.3, -0.25) is 4.79 Å². The highest BCUT2D eigenvalue weighted by molar-refractivity contribution is 5.76. The lowest BCUT2D eigenvalue weighted by atomic mass is 9.75. The number of benzene rings is 1. The molecule has 2 aromatic rings. The number of rotatable bonds is 7. The van der Waals surface area contributed by atoms with Crippen LogP contribution in [0.5, 0.6) is 5.75 Å².